The predicted octanol–water partition coefficient (Wildman–Crippen LogP) is 4.87. The zero-order chi connectivity index (χ0) is 22.9. The molecule has 0 aromatic heterocycles. The van der Waals surface area contributed by atoms with Crippen LogP contribution in [0, 0.1) is 11.3 Å². The van der Waals surface area contributed by atoms with Crippen molar-refractivity contribution in [3.63, 3.8) is 0 Å². The molecule has 0 aliphatic carbocycles. The SMILES string of the molecule is COc1cc([C@@H]2C(C#N)=C(N)Oc3cc4c(cc32)OCO4)ccc1OCc1ccc(Cl)cc1. The molecule has 0 unspecified atom stereocenters. The van der Waals surface area contributed by atoms with Crippen molar-refractivity contribution in [2.45, 2.75) is 12.5 Å². The van der Waals surface area contributed by atoms with Gasteiger partial charge < -0.3 is 29.4 Å². The van der Waals surface area contributed by atoms with Gasteiger partial charge in [-0.3, -0.25) is 0 Å². The lowest BCUT2D eigenvalue weighted by atomic mass is 9.83. The van der Waals surface area contributed by atoms with Crippen LogP contribution in [0.25, 0.3) is 0 Å². The summed E-state index contributed by atoms with van der Waals surface area (Å²) in [6.45, 7) is 0.483. The Morgan fingerprint density at radius 1 is 1.03 bits per heavy atom. The summed E-state index contributed by atoms with van der Waals surface area (Å²) >= 11 is 5.95. The van der Waals surface area contributed by atoms with Crippen molar-refractivity contribution in [1.29, 1.82) is 5.26 Å². The van der Waals surface area contributed by atoms with E-state index in [1.165, 1.54) is 0 Å². The molecule has 8 heteroatoms. The average molecular weight is 463 g/mol. The number of hydrogen-bond acceptors (Lipinski definition) is 7. The highest BCUT2D eigenvalue weighted by Crippen LogP contribution is 2.48. The first-order valence-electron chi connectivity index (χ1n) is 10.1. The van der Waals surface area contributed by atoms with E-state index >= 15 is 0 Å². The maximum Gasteiger partial charge on any atom is 0.231 e. The minimum absolute atomic E-state index is 0.0518. The van der Waals surface area contributed by atoms with Crippen molar-refractivity contribution in [3.8, 4) is 34.8 Å². The molecule has 0 radical (unpaired) electrons. The number of methoxy groups -OCH3 is 1. The summed E-state index contributed by atoms with van der Waals surface area (Å²) in [5.74, 6) is 2.38. The first-order valence-corrected chi connectivity index (χ1v) is 10.5. The number of nitriles is 1. The second-order valence-electron chi connectivity index (χ2n) is 7.49. The van der Waals surface area contributed by atoms with E-state index in [9.17, 15) is 5.26 Å². The van der Waals surface area contributed by atoms with Crippen LogP contribution in [-0.4, -0.2) is 13.9 Å². The summed E-state index contributed by atoms with van der Waals surface area (Å²) in [5.41, 5.74) is 8.93. The van der Waals surface area contributed by atoms with Crippen molar-refractivity contribution in [3.05, 3.63) is 87.8 Å². The Morgan fingerprint density at radius 2 is 1.79 bits per heavy atom. The molecule has 0 saturated carbocycles. The molecule has 33 heavy (non-hydrogen) atoms. The predicted molar refractivity (Wildman–Crippen MR) is 121 cm³/mol. The van der Waals surface area contributed by atoms with Crippen molar-refractivity contribution >= 4 is 11.6 Å². The van der Waals surface area contributed by atoms with Gasteiger partial charge in [0.2, 0.25) is 12.7 Å². The molecule has 3 aromatic carbocycles. The molecule has 2 aliphatic rings. The van der Waals surface area contributed by atoms with Gasteiger partial charge in [0.1, 0.15) is 24.0 Å². The van der Waals surface area contributed by atoms with Gasteiger partial charge in [-0.1, -0.05) is 29.8 Å². The molecule has 0 bridgehead atoms. The fraction of sp³-hybridized carbons (Fsp3) is 0.160. The third-order valence-electron chi connectivity index (χ3n) is 5.54. The van der Waals surface area contributed by atoms with Crippen LogP contribution in [-0.2, 0) is 6.61 Å². The Bertz CT molecular complexity index is 1300. The molecule has 2 aliphatic heterocycles. The number of allylic oxidation sites excluding steroid dienone is 1. The van der Waals surface area contributed by atoms with E-state index in [2.05, 4.69) is 6.07 Å². The van der Waals surface area contributed by atoms with Crippen LogP contribution < -0.4 is 29.4 Å². The van der Waals surface area contributed by atoms with Crippen molar-refractivity contribution in [2.75, 3.05) is 13.9 Å². The molecule has 1 atom stereocenters. The highest BCUT2D eigenvalue weighted by Gasteiger charge is 2.33. The van der Waals surface area contributed by atoms with Crippen LogP contribution >= 0.6 is 11.6 Å². The van der Waals surface area contributed by atoms with E-state index in [-0.39, 0.29) is 12.7 Å². The monoisotopic (exact) mass is 462 g/mol. The van der Waals surface area contributed by atoms with Gasteiger partial charge in [-0.25, -0.2) is 0 Å². The Hall–Kier alpha value is -4.02. The number of nitrogens with two attached hydrogens (primary N) is 1. The summed E-state index contributed by atoms with van der Waals surface area (Å²) in [5, 5.41) is 10.5. The molecule has 166 valence electrons. The molecule has 0 saturated heterocycles. The van der Waals surface area contributed by atoms with Gasteiger partial charge in [-0.2, -0.15) is 5.26 Å². The molecule has 0 fully saturated rings. The Kier molecular flexibility index (Phi) is 5.37. The second kappa shape index (κ2) is 8.49. The van der Waals surface area contributed by atoms with Gasteiger partial charge in [-0.15, -0.1) is 0 Å². The van der Waals surface area contributed by atoms with Gasteiger partial charge in [0.15, 0.2) is 23.0 Å². The first kappa shape index (κ1) is 20.9. The third kappa shape index (κ3) is 3.86. The van der Waals surface area contributed by atoms with Gasteiger partial charge in [-0.05, 0) is 41.5 Å². The molecule has 3 aromatic rings. The summed E-state index contributed by atoms with van der Waals surface area (Å²) in [4.78, 5) is 0. The normalized spacial score (nSPS) is 16.0. The zero-order valence-electron chi connectivity index (χ0n) is 17.6. The summed E-state index contributed by atoms with van der Waals surface area (Å²) in [7, 11) is 1.57. The van der Waals surface area contributed by atoms with Crippen LogP contribution in [0.15, 0.2) is 66.1 Å². The molecule has 5 rings (SSSR count). The molecule has 0 spiro atoms. The van der Waals surface area contributed by atoms with E-state index in [4.69, 9.17) is 41.0 Å². The molecule has 2 N–H and O–H groups in total. The number of ether oxygens (including phenoxy) is 5. The van der Waals surface area contributed by atoms with Crippen LogP contribution in [0.2, 0.25) is 5.02 Å². The van der Waals surface area contributed by atoms with Crippen LogP contribution in [0.3, 0.4) is 0 Å². The second-order valence-corrected chi connectivity index (χ2v) is 7.93. The molecular formula is C25H19ClN2O5. The minimum atomic E-state index is -0.465. The average Bonchev–Trinajstić information content (AvgIpc) is 3.29. The van der Waals surface area contributed by atoms with Gasteiger partial charge in [0.05, 0.1) is 13.0 Å². The smallest absolute Gasteiger partial charge is 0.231 e. The Labute approximate surface area is 195 Å². The van der Waals surface area contributed by atoms with Crippen molar-refractivity contribution < 1.29 is 23.7 Å². The minimum Gasteiger partial charge on any atom is -0.493 e. The number of halogens is 1. The largest absolute Gasteiger partial charge is 0.493 e. The quantitative estimate of drug-likeness (QED) is 0.577. The first-order chi connectivity index (χ1) is 16.1. The topological polar surface area (TPSA) is 96.0 Å². The summed E-state index contributed by atoms with van der Waals surface area (Å²) < 4.78 is 28.3. The van der Waals surface area contributed by atoms with Crippen LogP contribution in [0.1, 0.15) is 22.6 Å². The van der Waals surface area contributed by atoms with Crippen LogP contribution in [0.5, 0.6) is 28.7 Å². The van der Waals surface area contributed by atoms with Crippen LogP contribution in [0.4, 0.5) is 0 Å². The molecule has 2 heterocycles. The highest BCUT2D eigenvalue weighted by molar-refractivity contribution is 6.30. The number of fused-ring (bicyclic) bond motifs is 2. The van der Waals surface area contributed by atoms with Gasteiger partial charge in [0, 0.05) is 16.7 Å². The fourth-order valence-corrected chi connectivity index (χ4v) is 4.04. The molecule has 0 amide bonds. The summed E-state index contributed by atoms with van der Waals surface area (Å²) in [6, 6.07) is 18.7. The molecular weight excluding hydrogens is 444 g/mol. The van der Waals surface area contributed by atoms with E-state index in [1.807, 2.05) is 48.5 Å². The van der Waals surface area contributed by atoms with E-state index in [0.717, 1.165) is 16.7 Å². The maximum absolute atomic E-state index is 9.83. The van der Waals surface area contributed by atoms with E-state index in [0.29, 0.717) is 46.0 Å². The Balaban J connectivity index is 1.50. The fourth-order valence-electron chi connectivity index (χ4n) is 3.91. The van der Waals surface area contributed by atoms with Gasteiger partial charge >= 0.3 is 0 Å². The van der Waals surface area contributed by atoms with E-state index < -0.39 is 5.92 Å². The third-order valence-corrected chi connectivity index (χ3v) is 5.79. The maximum atomic E-state index is 9.83. The van der Waals surface area contributed by atoms with Gasteiger partial charge in [0.25, 0.3) is 0 Å². The summed E-state index contributed by atoms with van der Waals surface area (Å²) in [6.07, 6.45) is 0. The van der Waals surface area contributed by atoms with Crippen molar-refractivity contribution in [1.82, 2.24) is 0 Å². The number of nitrogens with zero attached hydrogens (tertiary/aromatic N) is 1. The van der Waals surface area contributed by atoms with E-state index in [1.54, 1.807) is 13.2 Å². The Morgan fingerprint density at radius 3 is 2.52 bits per heavy atom. The number of benzene rings is 3. The molecule has 7 nitrogen and oxygen atoms in total. The highest BCUT2D eigenvalue weighted by atomic mass is 35.5. The number of hydrogen-bond donors (Lipinski definition) is 1. The van der Waals surface area contributed by atoms with Crippen molar-refractivity contribution in [2.24, 2.45) is 5.73 Å². The standard InChI is InChI=1S/C25H19ClN2O5/c1-29-21-8-15(4-7-19(21)30-12-14-2-5-16(26)6-3-14)24-17-9-22-23(32-13-31-22)10-20(17)33-25(28)18(24)11-27/h2-10,24H,12-13,28H2,1H3/t24-/m0/s1. The lowest BCUT2D eigenvalue weighted by Crippen LogP contribution is -2.21. The lowest BCUT2D eigenvalue weighted by Gasteiger charge is -2.27. The number of rotatable bonds is 5. The lowest BCUT2D eigenvalue weighted by molar-refractivity contribution is 0.174. The zero-order valence-corrected chi connectivity index (χ0v) is 18.4.